The molecule has 3 aromatic rings. The zero-order valence-electron chi connectivity index (χ0n) is 14.5. The van der Waals surface area contributed by atoms with Crippen LogP contribution >= 0.6 is 11.8 Å². The Hall–Kier alpha value is -3.33. The molecule has 2 amide bonds. The van der Waals surface area contributed by atoms with Gasteiger partial charge < -0.3 is 4.42 Å². The predicted molar refractivity (Wildman–Crippen MR) is 102 cm³/mol. The number of carbonyl (C=O) groups is 2. The standard InChI is InChI=1S/C20H11F3N2O3S/c21-20(22,23)13-7-4-8-14(9-13)25-18(26)16(29-19(25)27)10-15-11-24-17(28-15)12-5-2-1-3-6-12/h1-11H/b16-10-. The minimum absolute atomic E-state index is 0.0307. The summed E-state index contributed by atoms with van der Waals surface area (Å²) in [6.07, 6.45) is -1.83. The summed E-state index contributed by atoms with van der Waals surface area (Å²) in [5.41, 5.74) is -0.349. The molecule has 2 heterocycles. The fraction of sp³-hybridized carbons (Fsp3) is 0.0500. The second-order valence-corrected chi connectivity index (χ2v) is 6.99. The van der Waals surface area contributed by atoms with Crippen LogP contribution in [0.4, 0.5) is 23.7 Å². The SMILES string of the molecule is O=C1S/C(=C\c2cnc(-c3ccccc3)o2)C(=O)N1c1cccc(C(F)(F)F)c1. The number of alkyl halides is 3. The number of benzene rings is 2. The molecule has 1 aliphatic rings. The van der Waals surface area contributed by atoms with Gasteiger partial charge in [-0.25, -0.2) is 9.88 Å². The fourth-order valence-electron chi connectivity index (χ4n) is 2.71. The average Bonchev–Trinajstić information content (AvgIpc) is 3.27. The summed E-state index contributed by atoms with van der Waals surface area (Å²) in [5, 5.41) is -0.691. The third-order valence-electron chi connectivity index (χ3n) is 4.04. The number of aromatic nitrogens is 1. The number of hydrogen-bond donors (Lipinski definition) is 0. The summed E-state index contributed by atoms with van der Waals surface area (Å²) in [6.45, 7) is 0. The van der Waals surface area contributed by atoms with E-state index in [9.17, 15) is 22.8 Å². The van der Waals surface area contributed by atoms with E-state index in [1.54, 1.807) is 12.1 Å². The van der Waals surface area contributed by atoms with Crippen molar-refractivity contribution in [1.29, 1.82) is 0 Å². The first-order valence-corrected chi connectivity index (χ1v) is 9.11. The van der Waals surface area contributed by atoms with Crippen molar-refractivity contribution in [2.75, 3.05) is 4.90 Å². The van der Waals surface area contributed by atoms with E-state index in [2.05, 4.69) is 4.98 Å². The topological polar surface area (TPSA) is 63.4 Å². The van der Waals surface area contributed by atoms with E-state index in [-0.39, 0.29) is 16.4 Å². The van der Waals surface area contributed by atoms with E-state index in [1.165, 1.54) is 18.3 Å². The van der Waals surface area contributed by atoms with Gasteiger partial charge in [0.25, 0.3) is 11.1 Å². The van der Waals surface area contributed by atoms with Crippen LogP contribution in [0.15, 0.2) is 70.1 Å². The van der Waals surface area contributed by atoms with Gasteiger partial charge in [0.2, 0.25) is 5.89 Å². The number of carbonyl (C=O) groups excluding carboxylic acids is 2. The first kappa shape index (κ1) is 19.0. The van der Waals surface area contributed by atoms with Crippen LogP contribution in [0.5, 0.6) is 0 Å². The normalized spacial score (nSPS) is 16.1. The van der Waals surface area contributed by atoms with Crippen LogP contribution in [0.1, 0.15) is 11.3 Å². The largest absolute Gasteiger partial charge is 0.437 e. The highest BCUT2D eigenvalue weighted by Crippen LogP contribution is 2.38. The minimum Gasteiger partial charge on any atom is -0.437 e. The number of anilines is 1. The van der Waals surface area contributed by atoms with Gasteiger partial charge in [0.1, 0.15) is 5.76 Å². The second kappa shape index (κ2) is 7.25. The first-order chi connectivity index (χ1) is 13.8. The molecule has 0 saturated carbocycles. The van der Waals surface area contributed by atoms with E-state index >= 15 is 0 Å². The molecular weight excluding hydrogens is 405 g/mol. The highest BCUT2D eigenvalue weighted by molar-refractivity contribution is 8.19. The monoisotopic (exact) mass is 416 g/mol. The lowest BCUT2D eigenvalue weighted by Gasteiger charge is -2.14. The molecule has 0 spiro atoms. The molecule has 1 aromatic heterocycles. The maximum Gasteiger partial charge on any atom is 0.416 e. The Morgan fingerprint density at radius 3 is 2.52 bits per heavy atom. The van der Waals surface area contributed by atoms with Crippen LogP contribution in [-0.2, 0) is 11.0 Å². The Labute approximate surface area is 166 Å². The number of amides is 2. The maximum atomic E-state index is 12.9. The lowest BCUT2D eigenvalue weighted by atomic mass is 10.2. The number of hydrogen-bond acceptors (Lipinski definition) is 5. The van der Waals surface area contributed by atoms with Crippen LogP contribution in [-0.4, -0.2) is 16.1 Å². The van der Waals surface area contributed by atoms with E-state index in [0.717, 1.165) is 23.8 Å². The Balaban J connectivity index is 1.61. The zero-order valence-corrected chi connectivity index (χ0v) is 15.3. The number of thioether (sulfide) groups is 1. The molecule has 4 rings (SSSR count). The van der Waals surface area contributed by atoms with Crippen LogP contribution < -0.4 is 4.90 Å². The summed E-state index contributed by atoms with van der Waals surface area (Å²) < 4.78 is 44.4. The quantitative estimate of drug-likeness (QED) is 0.520. The van der Waals surface area contributed by atoms with Gasteiger partial charge in [0.15, 0.2) is 0 Å². The van der Waals surface area contributed by atoms with Crippen molar-refractivity contribution < 1.29 is 27.2 Å². The van der Waals surface area contributed by atoms with E-state index in [4.69, 9.17) is 4.42 Å². The molecule has 29 heavy (non-hydrogen) atoms. The van der Waals surface area contributed by atoms with E-state index in [1.807, 2.05) is 18.2 Å². The van der Waals surface area contributed by atoms with Crippen LogP contribution in [0.2, 0.25) is 0 Å². The minimum atomic E-state index is -4.58. The Bertz CT molecular complexity index is 1120. The first-order valence-electron chi connectivity index (χ1n) is 8.29. The molecule has 0 atom stereocenters. The highest BCUT2D eigenvalue weighted by atomic mass is 32.2. The molecule has 0 unspecified atom stereocenters. The average molecular weight is 416 g/mol. The molecule has 0 bridgehead atoms. The molecule has 1 saturated heterocycles. The third kappa shape index (κ3) is 3.81. The number of imide groups is 1. The molecule has 2 aromatic carbocycles. The third-order valence-corrected chi connectivity index (χ3v) is 4.91. The summed E-state index contributed by atoms with van der Waals surface area (Å²) in [5.74, 6) is -0.135. The Kier molecular flexibility index (Phi) is 4.75. The van der Waals surface area contributed by atoms with Crippen LogP contribution in [0, 0.1) is 0 Å². The molecule has 0 aliphatic carbocycles. The molecule has 146 valence electrons. The van der Waals surface area contributed by atoms with Crippen molar-refractivity contribution in [3.8, 4) is 11.5 Å². The number of nitrogens with zero attached hydrogens (tertiary/aromatic N) is 2. The van der Waals surface area contributed by atoms with E-state index < -0.39 is 22.9 Å². The van der Waals surface area contributed by atoms with Gasteiger partial charge in [0.05, 0.1) is 22.4 Å². The van der Waals surface area contributed by atoms with Crippen molar-refractivity contribution >= 4 is 34.7 Å². The highest BCUT2D eigenvalue weighted by Gasteiger charge is 2.38. The molecule has 1 fully saturated rings. The predicted octanol–water partition coefficient (Wildman–Crippen LogP) is 5.60. The smallest absolute Gasteiger partial charge is 0.416 e. The molecule has 5 nitrogen and oxygen atoms in total. The summed E-state index contributed by atoms with van der Waals surface area (Å²) >= 11 is 0.619. The van der Waals surface area contributed by atoms with Crippen molar-refractivity contribution in [2.45, 2.75) is 6.18 Å². The molecular formula is C20H11F3N2O3S. The second-order valence-electron chi connectivity index (χ2n) is 6.00. The van der Waals surface area contributed by atoms with Crippen molar-refractivity contribution in [3.63, 3.8) is 0 Å². The summed E-state index contributed by atoms with van der Waals surface area (Å²) in [6, 6.07) is 13.1. The van der Waals surface area contributed by atoms with Gasteiger partial charge in [-0.1, -0.05) is 24.3 Å². The van der Waals surface area contributed by atoms with Gasteiger partial charge in [-0.05, 0) is 42.1 Å². The van der Waals surface area contributed by atoms with Crippen molar-refractivity contribution in [2.24, 2.45) is 0 Å². The molecule has 1 aliphatic heterocycles. The lowest BCUT2D eigenvalue weighted by molar-refractivity contribution is -0.137. The van der Waals surface area contributed by atoms with Gasteiger partial charge in [-0.2, -0.15) is 13.2 Å². The fourth-order valence-corrected chi connectivity index (χ4v) is 3.53. The van der Waals surface area contributed by atoms with Gasteiger partial charge in [-0.15, -0.1) is 0 Å². The molecule has 0 N–H and O–H groups in total. The number of oxazole rings is 1. The molecule has 9 heteroatoms. The van der Waals surface area contributed by atoms with Crippen LogP contribution in [0.3, 0.4) is 0 Å². The summed E-state index contributed by atoms with van der Waals surface area (Å²) in [4.78, 5) is 29.8. The zero-order chi connectivity index (χ0) is 20.6. The Morgan fingerprint density at radius 1 is 1.03 bits per heavy atom. The van der Waals surface area contributed by atoms with Crippen molar-refractivity contribution in [1.82, 2.24) is 4.98 Å². The van der Waals surface area contributed by atoms with Crippen molar-refractivity contribution in [3.05, 3.63) is 77.0 Å². The number of halogens is 3. The Morgan fingerprint density at radius 2 is 1.79 bits per heavy atom. The summed E-state index contributed by atoms with van der Waals surface area (Å²) in [7, 11) is 0. The molecule has 0 radical (unpaired) electrons. The van der Waals surface area contributed by atoms with Gasteiger partial charge in [-0.3, -0.25) is 9.59 Å². The van der Waals surface area contributed by atoms with Gasteiger partial charge >= 0.3 is 6.18 Å². The van der Waals surface area contributed by atoms with Gasteiger partial charge in [0, 0.05) is 11.6 Å². The van der Waals surface area contributed by atoms with Crippen LogP contribution in [0.25, 0.3) is 17.5 Å². The lowest BCUT2D eigenvalue weighted by Crippen LogP contribution is -2.27. The maximum absolute atomic E-state index is 12.9. The number of rotatable bonds is 3. The van der Waals surface area contributed by atoms with E-state index in [0.29, 0.717) is 22.6 Å².